The summed E-state index contributed by atoms with van der Waals surface area (Å²) in [5.74, 6) is 0.282. The maximum absolute atomic E-state index is 11.3. The van der Waals surface area contributed by atoms with Crippen LogP contribution in [-0.4, -0.2) is 68.6 Å². The number of likely N-dealkylation sites (N-methyl/N-ethyl adjacent to an activating group) is 1. The molecule has 7 atom stereocenters. The number of benzene rings is 1. The highest BCUT2D eigenvalue weighted by atomic mass is 16.5. The molecule has 1 aromatic carbocycles. The molecule has 0 radical (unpaired) electrons. The van der Waals surface area contributed by atoms with E-state index in [1.165, 1.54) is 16.7 Å². The van der Waals surface area contributed by atoms with Crippen molar-refractivity contribution in [3.8, 4) is 0 Å². The molecule has 2 spiro atoms. The van der Waals surface area contributed by atoms with Crippen LogP contribution in [0, 0.1) is 16.7 Å². The largest absolute Gasteiger partial charge is 0.388 e. The number of nitrogens with zero attached hydrogens (tertiary/aromatic N) is 3. The van der Waals surface area contributed by atoms with E-state index in [1.54, 1.807) is 6.33 Å². The predicted molar refractivity (Wildman–Crippen MR) is 144 cm³/mol. The summed E-state index contributed by atoms with van der Waals surface area (Å²) in [5, 5.41) is 23.3. The van der Waals surface area contributed by atoms with Crippen molar-refractivity contribution in [3.63, 3.8) is 0 Å². The first-order valence-electron chi connectivity index (χ1n) is 13.6. The first kappa shape index (κ1) is 23.7. The smallest absolute Gasteiger partial charge is 0.116 e. The van der Waals surface area contributed by atoms with Gasteiger partial charge in [-0.25, -0.2) is 9.97 Å². The lowest BCUT2D eigenvalue weighted by molar-refractivity contribution is -0.170. The number of fused-ring (bicyclic) bond motifs is 2. The molecule has 6 nitrogen and oxygen atoms in total. The van der Waals surface area contributed by atoms with Crippen molar-refractivity contribution in [2.45, 2.75) is 75.9 Å². The quantitative estimate of drug-likeness (QED) is 0.642. The molecular formula is C31H37N3O3. The van der Waals surface area contributed by atoms with Crippen LogP contribution in [0.15, 0.2) is 60.1 Å². The molecule has 7 rings (SSSR count). The zero-order valence-corrected chi connectivity index (χ0v) is 22.4. The van der Waals surface area contributed by atoms with Gasteiger partial charge in [-0.3, -0.25) is 0 Å². The van der Waals surface area contributed by atoms with E-state index in [4.69, 9.17) is 4.74 Å². The second kappa shape index (κ2) is 7.38. The van der Waals surface area contributed by atoms with Crippen molar-refractivity contribution < 1.29 is 14.9 Å². The van der Waals surface area contributed by atoms with Crippen LogP contribution in [0.5, 0.6) is 0 Å². The normalized spacial score (nSPS) is 41.6. The Bertz CT molecular complexity index is 1410. The summed E-state index contributed by atoms with van der Waals surface area (Å²) in [6, 6.07) is 6.41. The average molecular weight is 500 g/mol. The van der Waals surface area contributed by atoms with Crippen molar-refractivity contribution >= 4 is 16.5 Å². The highest BCUT2D eigenvalue weighted by Crippen LogP contribution is 2.71. The fraction of sp³-hybridized carbons (Fsp3) is 0.548. The number of rotatable bonds is 2. The minimum atomic E-state index is -0.911. The van der Waals surface area contributed by atoms with Crippen molar-refractivity contribution in [1.82, 2.24) is 14.9 Å². The van der Waals surface area contributed by atoms with Crippen molar-refractivity contribution in [1.29, 1.82) is 0 Å². The van der Waals surface area contributed by atoms with E-state index in [2.05, 4.69) is 67.2 Å². The van der Waals surface area contributed by atoms with Crippen molar-refractivity contribution in [3.05, 3.63) is 65.7 Å². The molecule has 7 unspecified atom stereocenters. The highest BCUT2D eigenvalue weighted by Gasteiger charge is 2.70. The highest BCUT2D eigenvalue weighted by molar-refractivity contribution is 5.85. The molecule has 3 aliphatic carbocycles. The molecule has 3 heterocycles. The molecule has 2 aromatic rings. The molecular weight excluding hydrogens is 462 g/mol. The molecule has 6 heteroatoms. The van der Waals surface area contributed by atoms with E-state index in [0.29, 0.717) is 6.42 Å². The molecule has 1 saturated carbocycles. The van der Waals surface area contributed by atoms with Gasteiger partial charge < -0.3 is 19.8 Å². The van der Waals surface area contributed by atoms with Gasteiger partial charge in [0.15, 0.2) is 0 Å². The third kappa shape index (κ3) is 2.85. The zero-order chi connectivity index (χ0) is 26.0. The molecule has 0 amide bonds. The number of ether oxygens (including phenoxy) is 1. The van der Waals surface area contributed by atoms with Gasteiger partial charge in [0.05, 0.1) is 22.8 Å². The van der Waals surface area contributed by atoms with E-state index in [0.717, 1.165) is 35.7 Å². The Morgan fingerprint density at radius 1 is 1.11 bits per heavy atom. The van der Waals surface area contributed by atoms with Gasteiger partial charge in [0.2, 0.25) is 0 Å². The molecule has 37 heavy (non-hydrogen) atoms. The Morgan fingerprint density at radius 2 is 1.92 bits per heavy atom. The van der Waals surface area contributed by atoms with Gasteiger partial charge in [-0.2, -0.15) is 0 Å². The van der Waals surface area contributed by atoms with Crippen LogP contribution in [0.3, 0.4) is 0 Å². The van der Waals surface area contributed by atoms with Gasteiger partial charge in [0, 0.05) is 29.0 Å². The first-order valence-corrected chi connectivity index (χ1v) is 13.6. The van der Waals surface area contributed by atoms with Gasteiger partial charge in [0.1, 0.15) is 12.4 Å². The summed E-state index contributed by atoms with van der Waals surface area (Å²) < 4.78 is 7.32. The first-order chi connectivity index (χ1) is 17.5. The van der Waals surface area contributed by atoms with Crippen LogP contribution >= 0.6 is 0 Å². The maximum atomic E-state index is 11.3. The molecule has 2 aliphatic heterocycles. The molecule has 1 aromatic heterocycles. The molecule has 2 fully saturated rings. The second-order valence-corrected chi connectivity index (χ2v) is 13.0. The monoisotopic (exact) mass is 499 g/mol. The van der Waals surface area contributed by atoms with E-state index < -0.39 is 17.8 Å². The maximum Gasteiger partial charge on any atom is 0.116 e. The van der Waals surface area contributed by atoms with Crippen LogP contribution in [-0.2, 0) is 4.74 Å². The lowest BCUT2D eigenvalue weighted by Crippen LogP contribution is -2.63. The molecule has 1 saturated heterocycles. The molecule has 2 bridgehead atoms. The van der Waals surface area contributed by atoms with Gasteiger partial charge >= 0.3 is 0 Å². The minimum Gasteiger partial charge on any atom is -0.388 e. The third-order valence-corrected chi connectivity index (χ3v) is 10.9. The second-order valence-electron chi connectivity index (χ2n) is 13.0. The van der Waals surface area contributed by atoms with Crippen molar-refractivity contribution in [2.75, 3.05) is 14.1 Å². The lowest BCUT2D eigenvalue weighted by Gasteiger charge is -2.60. The van der Waals surface area contributed by atoms with E-state index in [-0.39, 0.29) is 28.4 Å². The third-order valence-electron chi connectivity index (χ3n) is 10.9. The fourth-order valence-corrected chi connectivity index (χ4v) is 8.66. The van der Waals surface area contributed by atoms with E-state index in [1.807, 2.05) is 25.2 Å². The average Bonchev–Trinajstić information content (AvgIpc) is 3.40. The lowest BCUT2D eigenvalue weighted by atomic mass is 9.49. The fourth-order valence-electron chi connectivity index (χ4n) is 8.66. The minimum absolute atomic E-state index is 0.137. The Balaban J connectivity index is 1.36. The summed E-state index contributed by atoms with van der Waals surface area (Å²) in [6.45, 7) is 7.11. The Hall–Kier alpha value is -2.38. The van der Waals surface area contributed by atoms with Crippen LogP contribution in [0.25, 0.3) is 16.5 Å². The number of aliphatic hydroxyl groups is 2. The van der Waals surface area contributed by atoms with E-state index in [9.17, 15) is 10.2 Å². The molecule has 194 valence electrons. The van der Waals surface area contributed by atoms with Gasteiger partial charge in [0.25, 0.3) is 0 Å². The number of aromatic nitrogens is 2. The van der Waals surface area contributed by atoms with Crippen LogP contribution in [0.4, 0.5) is 0 Å². The van der Waals surface area contributed by atoms with Crippen LogP contribution < -0.4 is 0 Å². The number of hydrogen-bond donors (Lipinski definition) is 2. The van der Waals surface area contributed by atoms with Crippen LogP contribution in [0.1, 0.15) is 52.0 Å². The molecule has 5 aliphatic rings. The van der Waals surface area contributed by atoms with Crippen molar-refractivity contribution in [2.24, 2.45) is 16.7 Å². The summed E-state index contributed by atoms with van der Waals surface area (Å²) in [5.41, 5.74) is 4.44. The Labute approximate surface area is 218 Å². The van der Waals surface area contributed by atoms with Crippen LogP contribution in [0.2, 0.25) is 0 Å². The standard InChI is InChI=1S/C31H37N3O3/c1-28(2)14-20-13-22-26(35)27(36)24(34(4)5)15-30(22)10-11-31(20,37-30)25-9-8-21(29(25,28)3)18-6-7-19-16-32-17-33-23(19)12-18/h6-8,12-14,16-17,24-27,35-36H,9-11,15H2,1-5H3. The summed E-state index contributed by atoms with van der Waals surface area (Å²) in [7, 11) is 3.96. The van der Waals surface area contributed by atoms with E-state index >= 15 is 0 Å². The zero-order valence-electron chi connectivity index (χ0n) is 22.4. The topological polar surface area (TPSA) is 78.7 Å². The SMILES string of the molecule is CN(C)C1CC23CCC4(O2)C(=CC(C)(C)C2(C)C(c5ccc6cncnc6c5)=CCC42)C=C3C(O)C1O. The number of hydrogen-bond acceptors (Lipinski definition) is 6. The molecule has 2 N–H and O–H groups in total. The van der Waals surface area contributed by atoms with Gasteiger partial charge in [-0.15, -0.1) is 0 Å². The van der Waals surface area contributed by atoms with Gasteiger partial charge in [-0.05, 0) is 73.5 Å². The number of allylic oxidation sites excluding steroid dienone is 3. The Kier molecular flexibility index (Phi) is 4.73. The predicted octanol–water partition coefficient (Wildman–Crippen LogP) is 4.29. The summed E-state index contributed by atoms with van der Waals surface area (Å²) in [6.07, 6.45) is 12.3. The van der Waals surface area contributed by atoms with Gasteiger partial charge in [-0.1, -0.05) is 51.1 Å². The number of aliphatic hydroxyl groups excluding tert-OH is 2. The Morgan fingerprint density at radius 3 is 2.70 bits per heavy atom. The summed E-state index contributed by atoms with van der Waals surface area (Å²) in [4.78, 5) is 10.7. The summed E-state index contributed by atoms with van der Waals surface area (Å²) >= 11 is 0.